The first-order chi connectivity index (χ1) is 9.70. The van der Waals surface area contributed by atoms with Gasteiger partial charge in [-0.3, -0.25) is 0 Å². The minimum atomic E-state index is 0.643. The number of para-hydroxylation sites is 1. The van der Waals surface area contributed by atoms with E-state index in [2.05, 4.69) is 55.0 Å². The average molecular weight is 269 g/mol. The lowest BCUT2D eigenvalue weighted by atomic mass is 10.0. The van der Waals surface area contributed by atoms with Gasteiger partial charge in [-0.25, -0.2) is 4.68 Å². The Labute approximate surface area is 121 Å². The van der Waals surface area contributed by atoms with Crippen LogP contribution in [0.3, 0.4) is 0 Å². The zero-order valence-corrected chi connectivity index (χ0v) is 12.6. The summed E-state index contributed by atoms with van der Waals surface area (Å²) in [6.07, 6.45) is 3.20. The topological polar surface area (TPSA) is 29.9 Å². The Morgan fingerprint density at radius 2 is 2.10 bits per heavy atom. The summed E-state index contributed by atoms with van der Waals surface area (Å²) < 4.78 is 2.12. The molecule has 0 fully saturated rings. The first-order valence-corrected chi connectivity index (χ1v) is 7.63. The Hall–Kier alpha value is -1.77. The summed E-state index contributed by atoms with van der Waals surface area (Å²) in [6, 6.07) is 8.57. The van der Waals surface area contributed by atoms with Gasteiger partial charge in [0, 0.05) is 12.1 Å². The third-order valence-electron chi connectivity index (χ3n) is 3.94. The Kier molecular flexibility index (Phi) is 3.51. The van der Waals surface area contributed by atoms with E-state index >= 15 is 0 Å². The third-order valence-corrected chi connectivity index (χ3v) is 3.94. The van der Waals surface area contributed by atoms with Crippen molar-refractivity contribution >= 4 is 5.82 Å². The second-order valence-electron chi connectivity index (χ2n) is 5.94. The summed E-state index contributed by atoms with van der Waals surface area (Å²) in [5, 5.41) is 8.42. The molecule has 0 saturated carbocycles. The second-order valence-corrected chi connectivity index (χ2v) is 5.94. The van der Waals surface area contributed by atoms with Crippen LogP contribution in [0.15, 0.2) is 24.3 Å². The van der Waals surface area contributed by atoms with Crippen LogP contribution in [0.1, 0.15) is 37.6 Å². The third kappa shape index (κ3) is 2.21. The molecule has 3 nitrogen and oxygen atoms in total. The number of aromatic nitrogens is 2. The fourth-order valence-electron chi connectivity index (χ4n) is 2.99. The minimum absolute atomic E-state index is 0.643. The molecule has 1 aliphatic heterocycles. The molecule has 2 aromatic rings. The van der Waals surface area contributed by atoms with Crippen molar-refractivity contribution in [3.05, 3.63) is 41.1 Å². The van der Waals surface area contributed by atoms with Crippen molar-refractivity contribution in [2.45, 2.75) is 40.0 Å². The van der Waals surface area contributed by atoms with Gasteiger partial charge >= 0.3 is 0 Å². The summed E-state index contributed by atoms with van der Waals surface area (Å²) in [6.45, 7) is 7.75. The van der Waals surface area contributed by atoms with Crippen LogP contribution in [0.5, 0.6) is 0 Å². The van der Waals surface area contributed by atoms with Gasteiger partial charge in [-0.2, -0.15) is 5.10 Å². The van der Waals surface area contributed by atoms with E-state index in [4.69, 9.17) is 5.10 Å². The highest BCUT2D eigenvalue weighted by atomic mass is 15.3. The number of nitrogens with zero attached hydrogens (tertiary/aromatic N) is 2. The molecule has 0 spiro atoms. The highest BCUT2D eigenvalue weighted by Crippen LogP contribution is 2.31. The fourth-order valence-corrected chi connectivity index (χ4v) is 2.99. The normalized spacial score (nSPS) is 13.6. The van der Waals surface area contributed by atoms with E-state index in [-0.39, 0.29) is 0 Å². The Bertz CT molecular complexity index is 611. The molecule has 0 saturated heterocycles. The molecule has 0 unspecified atom stereocenters. The van der Waals surface area contributed by atoms with E-state index in [9.17, 15) is 0 Å². The Morgan fingerprint density at radius 3 is 2.85 bits per heavy atom. The minimum Gasteiger partial charge on any atom is -0.369 e. The van der Waals surface area contributed by atoms with E-state index in [0.717, 1.165) is 25.8 Å². The molecule has 0 bridgehead atoms. The SMILES string of the molecule is CCc1ccccc1-n1nc(CC(C)C)c2c1NCC2. The molecule has 20 heavy (non-hydrogen) atoms. The van der Waals surface area contributed by atoms with Gasteiger partial charge in [0.25, 0.3) is 0 Å². The smallest absolute Gasteiger partial charge is 0.133 e. The number of hydrogen-bond acceptors (Lipinski definition) is 2. The molecule has 0 radical (unpaired) electrons. The van der Waals surface area contributed by atoms with Crippen molar-refractivity contribution < 1.29 is 0 Å². The number of aryl methyl sites for hydroxylation is 1. The molecule has 0 amide bonds. The lowest BCUT2D eigenvalue weighted by Crippen LogP contribution is -2.07. The van der Waals surface area contributed by atoms with Crippen LogP contribution < -0.4 is 5.32 Å². The summed E-state index contributed by atoms with van der Waals surface area (Å²) >= 11 is 0. The number of rotatable bonds is 4. The number of nitrogens with one attached hydrogen (secondary N) is 1. The molecule has 3 heteroatoms. The molecule has 1 aliphatic rings. The molecule has 0 aliphatic carbocycles. The standard InChI is InChI=1S/C17H23N3/c1-4-13-7-5-6-8-16(13)20-17-14(9-10-18-17)15(19-20)11-12(2)3/h5-8,12,18H,4,9-11H2,1-3H3. The first-order valence-electron chi connectivity index (χ1n) is 7.63. The molecular weight excluding hydrogens is 246 g/mol. The Morgan fingerprint density at radius 1 is 1.30 bits per heavy atom. The van der Waals surface area contributed by atoms with E-state index < -0.39 is 0 Å². The zero-order chi connectivity index (χ0) is 14.1. The van der Waals surface area contributed by atoms with Crippen LogP contribution in [0.25, 0.3) is 5.69 Å². The predicted octanol–water partition coefficient (Wildman–Crippen LogP) is 3.60. The van der Waals surface area contributed by atoms with Crippen molar-refractivity contribution in [2.24, 2.45) is 5.92 Å². The largest absolute Gasteiger partial charge is 0.369 e. The molecule has 1 aromatic heterocycles. The van der Waals surface area contributed by atoms with Gasteiger partial charge in [-0.15, -0.1) is 0 Å². The lowest BCUT2D eigenvalue weighted by Gasteiger charge is -2.10. The highest BCUT2D eigenvalue weighted by Gasteiger charge is 2.23. The second kappa shape index (κ2) is 5.31. The van der Waals surface area contributed by atoms with Crippen LogP contribution >= 0.6 is 0 Å². The van der Waals surface area contributed by atoms with Gasteiger partial charge in [-0.05, 0) is 36.8 Å². The maximum Gasteiger partial charge on any atom is 0.133 e. The molecule has 1 aromatic carbocycles. The van der Waals surface area contributed by atoms with E-state index in [0.29, 0.717) is 5.92 Å². The van der Waals surface area contributed by atoms with Crippen molar-refractivity contribution in [1.82, 2.24) is 9.78 Å². The van der Waals surface area contributed by atoms with Crippen LogP contribution in [-0.2, 0) is 19.3 Å². The van der Waals surface area contributed by atoms with Gasteiger partial charge in [0.15, 0.2) is 0 Å². The highest BCUT2D eigenvalue weighted by molar-refractivity contribution is 5.58. The van der Waals surface area contributed by atoms with Crippen LogP contribution in [0, 0.1) is 5.92 Å². The number of fused-ring (bicyclic) bond motifs is 1. The van der Waals surface area contributed by atoms with Crippen molar-refractivity contribution in [1.29, 1.82) is 0 Å². The summed E-state index contributed by atoms with van der Waals surface area (Å²) in [4.78, 5) is 0. The fraction of sp³-hybridized carbons (Fsp3) is 0.471. The van der Waals surface area contributed by atoms with Gasteiger partial charge in [0.1, 0.15) is 5.82 Å². The maximum atomic E-state index is 4.90. The molecule has 3 rings (SSSR count). The summed E-state index contributed by atoms with van der Waals surface area (Å²) in [5.74, 6) is 1.85. The van der Waals surface area contributed by atoms with E-state index in [1.807, 2.05) is 0 Å². The molecule has 2 heterocycles. The van der Waals surface area contributed by atoms with Crippen LogP contribution in [0.2, 0.25) is 0 Å². The maximum absolute atomic E-state index is 4.90. The molecule has 1 N–H and O–H groups in total. The van der Waals surface area contributed by atoms with E-state index in [1.165, 1.54) is 28.3 Å². The first kappa shape index (κ1) is 13.2. The van der Waals surface area contributed by atoms with Gasteiger partial charge in [-0.1, -0.05) is 39.0 Å². The van der Waals surface area contributed by atoms with Crippen molar-refractivity contribution in [3.8, 4) is 5.69 Å². The van der Waals surface area contributed by atoms with Gasteiger partial charge in [0.2, 0.25) is 0 Å². The van der Waals surface area contributed by atoms with Crippen LogP contribution in [-0.4, -0.2) is 16.3 Å². The average Bonchev–Trinajstić information content (AvgIpc) is 3.02. The zero-order valence-electron chi connectivity index (χ0n) is 12.6. The summed E-state index contributed by atoms with van der Waals surface area (Å²) in [7, 11) is 0. The van der Waals surface area contributed by atoms with Gasteiger partial charge in [0.05, 0.1) is 11.4 Å². The number of benzene rings is 1. The van der Waals surface area contributed by atoms with Crippen molar-refractivity contribution in [3.63, 3.8) is 0 Å². The van der Waals surface area contributed by atoms with Gasteiger partial charge < -0.3 is 5.32 Å². The number of anilines is 1. The van der Waals surface area contributed by atoms with Crippen molar-refractivity contribution in [2.75, 3.05) is 11.9 Å². The molecular formula is C17H23N3. The Balaban J connectivity index is 2.10. The monoisotopic (exact) mass is 269 g/mol. The lowest BCUT2D eigenvalue weighted by molar-refractivity contribution is 0.624. The molecule has 106 valence electrons. The predicted molar refractivity (Wildman–Crippen MR) is 83.7 cm³/mol. The summed E-state index contributed by atoms with van der Waals surface area (Å²) in [5.41, 5.74) is 5.26. The quantitative estimate of drug-likeness (QED) is 0.919. The van der Waals surface area contributed by atoms with Crippen LogP contribution in [0.4, 0.5) is 5.82 Å². The molecule has 0 atom stereocenters. The number of hydrogen-bond donors (Lipinski definition) is 1. The van der Waals surface area contributed by atoms with E-state index in [1.54, 1.807) is 0 Å².